The van der Waals surface area contributed by atoms with Crippen LogP contribution < -0.4 is 0 Å². The van der Waals surface area contributed by atoms with Crippen LogP contribution in [0.25, 0.3) is 0 Å². The molecular formula is C28H46O4. The highest BCUT2D eigenvalue weighted by molar-refractivity contribution is 5.39. The summed E-state index contributed by atoms with van der Waals surface area (Å²) in [6.07, 6.45) is 12.9. The molecule has 0 bridgehead atoms. The summed E-state index contributed by atoms with van der Waals surface area (Å²) in [6.45, 7) is 12.9. The van der Waals surface area contributed by atoms with Crippen molar-refractivity contribution in [3.8, 4) is 0 Å². The fraction of sp³-hybridized carbons (Fsp3) is 0.786. The molecule has 3 rings (SSSR count). The van der Waals surface area contributed by atoms with Crippen LogP contribution >= 0.6 is 0 Å². The number of rotatable bonds is 7. The van der Waals surface area contributed by atoms with E-state index >= 15 is 0 Å². The third-order valence-corrected chi connectivity index (χ3v) is 9.54. The first-order valence-corrected chi connectivity index (χ1v) is 12.7. The maximum absolute atomic E-state index is 10.2. The molecule has 5 unspecified atom stereocenters. The number of aliphatic hydroxyl groups excluding tert-OH is 3. The lowest BCUT2D eigenvalue weighted by molar-refractivity contribution is -0.0102. The monoisotopic (exact) mass is 446 g/mol. The van der Waals surface area contributed by atoms with Gasteiger partial charge in [0.15, 0.2) is 0 Å². The van der Waals surface area contributed by atoms with Gasteiger partial charge in [-0.15, -0.1) is 0 Å². The van der Waals surface area contributed by atoms with Gasteiger partial charge in [-0.2, -0.15) is 0 Å². The molecule has 3 fully saturated rings. The molecule has 0 heterocycles. The Hall–Kier alpha value is -0.940. The Labute approximate surface area is 195 Å². The third kappa shape index (κ3) is 4.94. The molecule has 4 N–H and O–H groups in total. The van der Waals surface area contributed by atoms with Crippen LogP contribution in [0.3, 0.4) is 0 Å². The Bertz CT molecular complexity index is 751. The van der Waals surface area contributed by atoms with E-state index in [0.29, 0.717) is 31.1 Å². The molecule has 0 amide bonds. The molecular weight excluding hydrogens is 400 g/mol. The highest BCUT2D eigenvalue weighted by Gasteiger charge is 2.57. The standard InChI is InChI=1S/C28H46O4/c1-19(8-6-13-26(3,32)18-29)24-12-15-27(4)22(9-7-14-28(24,27)5)11-10-21-16-23(30)17-25(31)20(21)2/h10-11,19,23-25,29-32H,2,6-9,12-18H2,1,3-5H3/t19?,23?,24?,25?,26?,27-,28+/m0/s1. The number of aliphatic hydroxyl groups is 4. The summed E-state index contributed by atoms with van der Waals surface area (Å²) in [6, 6.07) is 0. The molecule has 0 aromatic carbocycles. The van der Waals surface area contributed by atoms with Gasteiger partial charge in [0, 0.05) is 6.42 Å². The first kappa shape index (κ1) is 25.7. The zero-order valence-electron chi connectivity index (χ0n) is 20.7. The van der Waals surface area contributed by atoms with Crippen molar-refractivity contribution in [3.05, 3.63) is 35.5 Å². The Kier molecular flexibility index (Phi) is 7.81. The SMILES string of the molecule is C=C1C(=CC=C2CCC[C@]3(C)C(C(C)CCCC(C)(O)CO)CC[C@@]23C)CC(O)CC1O. The van der Waals surface area contributed by atoms with Gasteiger partial charge >= 0.3 is 0 Å². The average molecular weight is 447 g/mol. The summed E-state index contributed by atoms with van der Waals surface area (Å²) >= 11 is 0. The van der Waals surface area contributed by atoms with Crippen molar-refractivity contribution in [2.75, 3.05) is 6.61 Å². The van der Waals surface area contributed by atoms with E-state index in [9.17, 15) is 20.4 Å². The zero-order chi connectivity index (χ0) is 23.7. The van der Waals surface area contributed by atoms with Gasteiger partial charge in [0.1, 0.15) is 0 Å². The van der Waals surface area contributed by atoms with Crippen LogP contribution in [-0.4, -0.2) is 44.8 Å². The molecule has 0 radical (unpaired) electrons. The maximum Gasteiger partial charge on any atom is 0.0849 e. The molecule has 0 aromatic rings. The quantitative estimate of drug-likeness (QED) is 0.440. The second kappa shape index (κ2) is 9.74. The van der Waals surface area contributed by atoms with Crippen LogP contribution in [0.5, 0.6) is 0 Å². The minimum Gasteiger partial charge on any atom is -0.393 e. The Morgan fingerprint density at radius 1 is 1.22 bits per heavy atom. The second-order valence-electron chi connectivity index (χ2n) is 11.8. The second-order valence-corrected chi connectivity index (χ2v) is 11.8. The summed E-state index contributed by atoms with van der Waals surface area (Å²) in [4.78, 5) is 0. The molecule has 0 aliphatic heterocycles. The molecule has 3 aliphatic rings. The lowest BCUT2D eigenvalue weighted by Gasteiger charge is -2.51. The van der Waals surface area contributed by atoms with Gasteiger partial charge in [-0.1, -0.05) is 57.9 Å². The predicted octanol–water partition coefficient (Wildman–Crippen LogP) is 5.07. The van der Waals surface area contributed by atoms with Crippen molar-refractivity contribution in [2.45, 2.75) is 110 Å². The fourth-order valence-electron chi connectivity index (χ4n) is 7.09. The van der Waals surface area contributed by atoms with E-state index in [1.807, 2.05) is 0 Å². The lowest BCUT2D eigenvalue weighted by atomic mass is 9.53. The highest BCUT2D eigenvalue weighted by Crippen LogP contribution is 2.67. The van der Waals surface area contributed by atoms with Gasteiger partial charge in [-0.25, -0.2) is 0 Å². The van der Waals surface area contributed by atoms with Gasteiger partial charge in [-0.3, -0.25) is 0 Å². The third-order valence-electron chi connectivity index (χ3n) is 9.54. The number of hydrogen-bond acceptors (Lipinski definition) is 4. The van der Waals surface area contributed by atoms with Gasteiger partial charge in [0.25, 0.3) is 0 Å². The molecule has 3 aliphatic carbocycles. The van der Waals surface area contributed by atoms with Gasteiger partial charge < -0.3 is 20.4 Å². The van der Waals surface area contributed by atoms with Crippen molar-refractivity contribution in [1.82, 2.24) is 0 Å². The maximum atomic E-state index is 10.2. The van der Waals surface area contributed by atoms with Crippen LogP contribution in [-0.2, 0) is 0 Å². The Morgan fingerprint density at radius 3 is 2.62 bits per heavy atom. The molecule has 3 saturated carbocycles. The van der Waals surface area contributed by atoms with E-state index < -0.39 is 17.8 Å². The summed E-state index contributed by atoms with van der Waals surface area (Å²) in [5.74, 6) is 1.26. The molecule has 0 saturated heterocycles. The first-order valence-electron chi connectivity index (χ1n) is 12.7. The van der Waals surface area contributed by atoms with Crippen LogP contribution in [0.1, 0.15) is 91.9 Å². The number of hydrogen-bond donors (Lipinski definition) is 4. The average Bonchev–Trinajstić information content (AvgIpc) is 3.01. The Morgan fingerprint density at radius 2 is 1.94 bits per heavy atom. The van der Waals surface area contributed by atoms with Crippen molar-refractivity contribution < 1.29 is 20.4 Å². The van der Waals surface area contributed by atoms with Crippen molar-refractivity contribution in [3.63, 3.8) is 0 Å². The first-order chi connectivity index (χ1) is 14.9. The van der Waals surface area contributed by atoms with Gasteiger partial charge in [-0.05, 0) is 85.7 Å². The fourth-order valence-corrected chi connectivity index (χ4v) is 7.09. The number of fused-ring (bicyclic) bond motifs is 1. The molecule has 32 heavy (non-hydrogen) atoms. The summed E-state index contributed by atoms with van der Waals surface area (Å²) < 4.78 is 0. The normalized spacial score (nSPS) is 41.0. The van der Waals surface area contributed by atoms with Crippen molar-refractivity contribution in [1.29, 1.82) is 0 Å². The molecule has 0 aromatic heterocycles. The summed E-state index contributed by atoms with van der Waals surface area (Å²) in [5, 5.41) is 39.7. The van der Waals surface area contributed by atoms with Crippen molar-refractivity contribution >= 4 is 0 Å². The minimum absolute atomic E-state index is 0.172. The molecule has 4 heteroatoms. The molecule has 182 valence electrons. The van der Waals surface area contributed by atoms with Crippen molar-refractivity contribution in [2.24, 2.45) is 22.7 Å². The van der Waals surface area contributed by atoms with E-state index in [0.717, 1.165) is 30.4 Å². The molecule has 0 spiro atoms. The number of allylic oxidation sites excluding steroid dienone is 3. The molecule has 4 nitrogen and oxygen atoms in total. The predicted molar refractivity (Wildman–Crippen MR) is 130 cm³/mol. The van der Waals surface area contributed by atoms with Crippen LogP contribution in [0, 0.1) is 22.7 Å². The van der Waals surface area contributed by atoms with Crippen LogP contribution in [0.4, 0.5) is 0 Å². The topological polar surface area (TPSA) is 80.9 Å². The highest BCUT2D eigenvalue weighted by atomic mass is 16.3. The van der Waals surface area contributed by atoms with E-state index in [2.05, 4.69) is 39.5 Å². The van der Waals surface area contributed by atoms with Gasteiger partial charge in [0.2, 0.25) is 0 Å². The van der Waals surface area contributed by atoms with E-state index in [-0.39, 0.29) is 17.4 Å². The summed E-state index contributed by atoms with van der Waals surface area (Å²) in [7, 11) is 0. The van der Waals surface area contributed by atoms with E-state index in [4.69, 9.17) is 0 Å². The van der Waals surface area contributed by atoms with Gasteiger partial charge in [0.05, 0.1) is 24.4 Å². The van der Waals surface area contributed by atoms with Crippen LogP contribution in [0.2, 0.25) is 0 Å². The largest absolute Gasteiger partial charge is 0.393 e. The summed E-state index contributed by atoms with van der Waals surface area (Å²) in [5.41, 5.74) is 2.72. The van der Waals surface area contributed by atoms with E-state index in [1.165, 1.54) is 31.3 Å². The van der Waals surface area contributed by atoms with E-state index in [1.54, 1.807) is 6.92 Å². The lowest BCUT2D eigenvalue weighted by Crippen LogP contribution is -2.43. The van der Waals surface area contributed by atoms with Crippen LogP contribution in [0.15, 0.2) is 35.5 Å². The zero-order valence-corrected chi connectivity index (χ0v) is 20.7. The minimum atomic E-state index is -0.966. The molecule has 7 atom stereocenters. The smallest absolute Gasteiger partial charge is 0.0849 e. The Balaban J connectivity index is 1.75.